The topological polar surface area (TPSA) is 66.4 Å². The van der Waals surface area contributed by atoms with Gasteiger partial charge in [-0.2, -0.15) is 0 Å². The van der Waals surface area contributed by atoms with Crippen LogP contribution in [0, 0.1) is 0 Å². The predicted molar refractivity (Wildman–Crippen MR) is 36.0 cm³/mol. The molecular weight excluding hydrogens is 158 g/mol. The average molecular weight is 166 g/mol. The highest BCUT2D eigenvalue weighted by Gasteiger charge is 2.16. The third-order valence-corrected chi connectivity index (χ3v) is 1.26. The van der Waals surface area contributed by atoms with E-state index in [2.05, 4.69) is 5.32 Å². The van der Waals surface area contributed by atoms with E-state index in [0.717, 1.165) is 0 Å². The van der Waals surface area contributed by atoms with Crippen LogP contribution in [-0.4, -0.2) is 29.4 Å². The van der Waals surface area contributed by atoms with E-state index in [-0.39, 0.29) is 6.42 Å². The lowest BCUT2D eigenvalue weighted by molar-refractivity contribution is -0.138. The molecule has 1 atom stereocenters. The van der Waals surface area contributed by atoms with Gasteiger partial charge < -0.3 is 10.4 Å². The number of likely N-dealkylation sites (N-methyl/N-ethyl adjacent to an activating group) is 1. The van der Waals surface area contributed by atoms with Crippen LogP contribution in [0.4, 0.5) is 0 Å². The molecule has 0 bridgehead atoms. The first-order valence-electron chi connectivity index (χ1n) is 2.66. The van der Waals surface area contributed by atoms with E-state index in [1.54, 1.807) is 0 Å². The van der Waals surface area contributed by atoms with Crippen LogP contribution in [0.25, 0.3) is 0 Å². The van der Waals surface area contributed by atoms with Crippen LogP contribution in [0.5, 0.6) is 0 Å². The highest BCUT2D eigenvalue weighted by Crippen LogP contribution is 1.95. The second-order valence-corrected chi connectivity index (χ2v) is 2.12. The Hall–Kier alpha value is -0.610. The smallest absolute Gasteiger partial charge is 0.305 e. The van der Waals surface area contributed by atoms with Gasteiger partial charge in [-0.1, -0.05) is 0 Å². The molecule has 0 aliphatic rings. The molecule has 0 saturated heterocycles. The van der Waals surface area contributed by atoms with Crippen LogP contribution in [0.3, 0.4) is 0 Å². The number of hydrogen-bond donors (Lipinski definition) is 2. The molecule has 58 valence electrons. The molecule has 1 unspecified atom stereocenters. The molecule has 0 aromatic heterocycles. The van der Waals surface area contributed by atoms with Crippen LogP contribution < -0.4 is 5.32 Å². The molecule has 2 N–H and O–H groups in total. The summed E-state index contributed by atoms with van der Waals surface area (Å²) >= 11 is 5.02. The van der Waals surface area contributed by atoms with Gasteiger partial charge in [0.2, 0.25) is 5.24 Å². The van der Waals surface area contributed by atoms with Gasteiger partial charge in [-0.05, 0) is 18.6 Å². The van der Waals surface area contributed by atoms with E-state index in [0.29, 0.717) is 0 Å². The average Bonchev–Trinajstić information content (AvgIpc) is 1.81. The number of carboxylic acids is 1. The van der Waals surface area contributed by atoms with Gasteiger partial charge >= 0.3 is 5.97 Å². The Labute approximate surface area is 63.2 Å². The standard InChI is InChI=1S/C5H8ClNO3/c1-7-3(5(6)10)2-4(8)9/h3,7H,2H2,1H3,(H,8,9). The van der Waals surface area contributed by atoms with Gasteiger partial charge in [-0.25, -0.2) is 0 Å². The van der Waals surface area contributed by atoms with Gasteiger partial charge in [-0.15, -0.1) is 0 Å². The number of rotatable bonds is 4. The molecule has 0 radical (unpaired) electrons. The maximum Gasteiger partial charge on any atom is 0.305 e. The molecule has 4 nitrogen and oxygen atoms in total. The van der Waals surface area contributed by atoms with Crippen LogP contribution in [-0.2, 0) is 9.59 Å². The molecule has 0 fully saturated rings. The molecule has 0 amide bonds. The van der Waals surface area contributed by atoms with Crippen LogP contribution in [0.1, 0.15) is 6.42 Å². The molecule has 0 saturated carbocycles. The van der Waals surface area contributed by atoms with Gasteiger partial charge in [0.05, 0.1) is 12.5 Å². The fourth-order valence-electron chi connectivity index (χ4n) is 0.470. The van der Waals surface area contributed by atoms with E-state index in [9.17, 15) is 9.59 Å². The normalized spacial score (nSPS) is 12.6. The van der Waals surface area contributed by atoms with Crippen molar-refractivity contribution in [1.82, 2.24) is 5.32 Å². The van der Waals surface area contributed by atoms with E-state index < -0.39 is 17.3 Å². The van der Waals surface area contributed by atoms with Crippen molar-refractivity contribution in [3.8, 4) is 0 Å². The van der Waals surface area contributed by atoms with Crippen LogP contribution in [0.2, 0.25) is 0 Å². The number of carbonyl (C=O) groups is 2. The SMILES string of the molecule is CNC(CC(=O)O)C(=O)Cl. The van der Waals surface area contributed by atoms with Gasteiger partial charge in [0.1, 0.15) is 0 Å². The lowest BCUT2D eigenvalue weighted by atomic mass is 10.2. The van der Waals surface area contributed by atoms with Crippen molar-refractivity contribution in [2.45, 2.75) is 12.5 Å². The third-order valence-electron chi connectivity index (χ3n) is 1.00. The first kappa shape index (κ1) is 9.39. The van der Waals surface area contributed by atoms with Crippen LogP contribution in [0.15, 0.2) is 0 Å². The van der Waals surface area contributed by atoms with Crippen molar-refractivity contribution < 1.29 is 14.7 Å². The minimum Gasteiger partial charge on any atom is -0.481 e. The monoisotopic (exact) mass is 165 g/mol. The summed E-state index contributed by atoms with van der Waals surface area (Å²) in [6.07, 6.45) is -0.279. The number of nitrogens with one attached hydrogen (secondary N) is 1. The Kier molecular flexibility index (Phi) is 3.99. The maximum absolute atomic E-state index is 10.4. The first-order valence-corrected chi connectivity index (χ1v) is 3.04. The zero-order valence-corrected chi connectivity index (χ0v) is 6.18. The summed E-state index contributed by atoms with van der Waals surface area (Å²) in [5, 5.41) is 10.0. The predicted octanol–water partition coefficient (Wildman–Crippen LogP) is -0.186. The first-order chi connectivity index (χ1) is 4.57. The van der Waals surface area contributed by atoms with Gasteiger partial charge in [-0.3, -0.25) is 9.59 Å². The molecular formula is C5H8ClNO3. The number of carboxylic acid groups (broad SMARTS) is 1. The van der Waals surface area contributed by atoms with E-state index in [4.69, 9.17) is 16.7 Å². The molecule has 0 aliphatic carbocycles. The summed E-state index contributed by atoms with van der Waals surface area (Å²) in [5.74, 6) is -1.05. The quantitative estimate of drug-likeness (QED) is 0.567. The Balaban J connectivity index is 3.83. The summed E-state index contributed by atoms with van der Waals surface area (Å²) < 4.78 is 0. The zero-order valence-electron chi connectivity index (χ0n) is 5.43. The Morgan fingerprint density at radius 1 is 1.70 bits per heavy atom. The van der Waals surface area contributed by atoms with Crippen molar-refractivity contribution in [2.24, 2.45) is 0 Å². The molecule has 5 heteroatoms. The number of carbonyl (C=O) groups excluding carboxylic acids is 1. The Morgan fingerprint density at radius 2 is 2.20 bits per heavy atom. The molecule has 0 aromatic rings. The zero-order chi connectivity index (χ0) is 8.15. The minimum absolute atomic E-state index is 0.279. The third kappa shape index (κ3) is 3.42. The Bertz CT molecular complexity index is 148. The molecule has 0 spiro atoms. The second kappa shape index (κ2) is 4.24. The van der Waals surface area contributed by atoms with Gasteiger partial charge in [0, 0.05) is 0 Å². The van der Waals surface area contributed by atoms with Crippen molar-refractivity contribution in [3.05, 3.63) is 0 Å². The minimum atomic E-state index is -1.05. The fourth-order valence-corrected chi connectivity index (χ4v) is 0.657. The lowest BCUT2D eigenvalue weighted by Crippen LogP contribution is -2.33. The molecule has 0 aliphatic heterocycles. The molecule has 0 heterocycles. The van der Waals surface area contributed by atoms with Crippen molar-refractivity contribution >= 4 is 22.8 Å². The second-order valence-electron chi connectivity index (χ2n) is 1.74. The molecule has 0 aromatic carbocycles. The van der Waals surface area contributed by atoms with Crippen LogP contribution >= 0.6 is 11.6 Å². The van der Waals surface area contributed by atoms with E-state index in [1.165, 1.54) is 7.05 Å². The van der Waals surface area contributed by atoms with E-state index in [1.807, 2.05) is 0 Å². The van der Waals surface area contributed by atoms with Crippen molar-refractivity contribution in [3.63, 3.8) is 0 Å². The number of hydrogen-bond acceptors (Lipinski definition) is 3. The highest BCUT2D eigenvalue weighted by atomic mass is 35.5. The number of halogens is 1. The largest absolute Gasteiger partial charge is 0.481 e. The molecule has 10 heavy (non-hydrogen) atoms. The summed E-state index contributed by atoms with van der Waals surface area (Å²) in [4.78, 5) is 20.4. The Morgan fingerprint density at radius 3 is 2.30 bits per heavy atom. The van der Waals surface area contributed by atoms with Gasteiger partial charge in [0.15, 0.2) is 0 Å². The summed E-state index contributed by atoms with van der Waals surface area (Å²) in [5.41, 5.74) is 0. The lowest BCUT2D eigenvalue weighted by Gasteiger charge is -2.06. The van der Waals surface area contributed by atoms with Crippen molar-refractivity contribution in [1.29, 1.82) is 0 Å². The van der Waals surface area contributed by atoms with Gasteiger partial charge in [0.25, 0.3) is 0 Å². The fraction of sp³-hybridized carbons (Fsp3) is 0.600. The van der Waals surface area contributed by atoms with Crippen molar-refractivity contribution in [2.75, 3.05) is 7.05 Å². The number of aliphatic carboxylic acids is 1. The maximum atomic E-state index is 10.4. The highest BCUT2D eigenvalue weighted by molar-refractivity contribution is 6.64. The summed E-state index contributed by atoms with van der Waals surface area (Å²) in [7, 11) is 1.48. The van der Waals surface area contributed by atoms with E-state index >= 15 is 0 Å². The summed E-state index contributed by atoms with van der Waals surface area (Å²) in [6.45, 7) is 0. The summed E-state index contributed by atoms with van der Waals surface area (Å²) in [6, 6.07) is -0.779. The molecule has 0 rings (SSSR count).